The van der Waals surface area contributed by atoms with Gasteiger partial charge in [-0.3, -0.25) is 0 Å². The molecule has 0 aromatic heterocycles. The highest BCUT2D eigenvalue weighted by Gasteiger charge is 2.50. The number of benzene rings is 1. The summed E-state index contributed by atoms with van der Waals surface area (Å²) in [6, 6.07) is 8.33. The maximum Gasteiger partial charge on any atom is 0.332 e. The quantitative estimate of drug-likeness (QED) is 0.721. The van der Waals surface area contributed by atoms with Crippen LogP contribution in [0.3, 0.4) is 0 Å². The molecule has 1 aliphatic carbocycles. The van der Waals surface area contributed by atoms with E-state index in [2.05, 4.69) is 33.4 Å². The van der Waals surface area contributed by atoms with Crippen molar-refractivity contribution in [3.05, 3.63) is 34.3 Å². The largest absolute Gasteiger partial charge is 0.458 e. The molecule has 1 atom stereocenters. The maximum atomic E-state index is 12.3. The van der Waals surface area contributed by atoms with Crippen molar-refractivity contribution in [2.45, 2.75) is 64.1 Å². The second kappa shape index (κ2) is 7.61. The van der Waals surface area contributed by atoms with E-state index in [1.54, 1.807) is 0 Å². The van der Waals surface area contributed by atoms with Gasteiger partial charge in [0.2, 0.25) is 0 Å². The lowest BCUT2D eigenvalue weighted by Gasteiger charge is -2.37. The van der Waals surface area contributed by atoms with Crippen molar-refractivity contribution >= 4 is 21.9 Å². The maximum absolute atomic E-state index is 12.3. The van der Waals surface area contributed by atoms with Crippen molar-refractivity contribution in [3.8, 4) is 0 Å². The number of hydrogen-bond acceptors (Lipinski definition) is 4. The van der Waals surface area contributed by atoms with Crippen LogP contribution in [0.2, 0.25) is 0 Å². The Balaban J connectivity index is 1.80. The molecule has 1 heterocycles. The van der Waals surface area contributed by atoms with Gasteiger partial charge in [-0.25, -0.2) is 4.79 Å². The molecule has 1 saturated heterocycles. The van der Waals surface area contributed by atoms with Crippen molar-refractivity contribution in [1.82, 2.24) is 5.32 Å². The van der Waals surface area contributed by atoms with Gasteiger partial charge in [-0.05, 0) is 89.1 Å². The van der Waals surface area contributed by atoms with Gasteiger partial charge in [0.25, 0.3) is 0 Å². The van der Waals surface area contributed by atoms with Crippen LogP contribution in [0.15, 0.2) is 28.7 Å². The molecule has 5 heteroatoms. The van der Waals surface area contributed by atoms with Gasteiger partial charge < -0.3 is 14.8 Å². The monoisotopic (exact) mass is 423 g/mol. The Morgan fingerprint density at radius 1 is 1.19 bits per heavy atom. The fourth-order valence-electron chi connectivity index (χ4n) is 4.43. The van der Waals surface area contributed by atoms with Crippen LogP contribution in [-0.4, -0.2) is 31.3 Å². The van der Waals surface area contributed by atoms with Gasteiger partial charge >= 0.3 is 5.97 Å². The summed E-state index contributed by atoms with van der Waals surface area (Å²) in [5, 5.41) is 3.47. The Kier molecular flexibility index (Phi) is 5.80. The molecule has 1 aliphatic heterocycles. The van der Waals surface area contributed by atoms with Crippen LogP contribution < -0.4 is 5.32 Å². The van der Waals surface area contributed by atoms with Gasteiger partial charge in [0.1, 0.15) is 12.2 Å². The summed E-state index contributed by atoms with van der Waals surface area (Å²) in [6.45, 7) is 7.79. The van der Waals surface area contributed by atoms with Crippen LogP contribution >= 0.6 is 15.9 Å². The van der Waals surface area contributed by atoms with Gasteiger partial charge in [-0.2, -0.15) is 0 Å². The lowest BCUT2D eigenvalue weighted by molar-refractivity contribution is -0.168. The first-order valence-electron chi connectivity index (χ1n) is 9.55. The number of rotatable bonds is 4. The molecule has 2 fully saturated rings. The molecule has 26 heavy (non-hydrogen) atoms. The molecule has 0 amide bonds. The summed E-state index contributed by atoms with van der Waals surface area (Å²) < 4.78 is 12.9. The molecule has 0 radical (unpaired) electrons. The van der Waals surface area contributed by atoms with Gasteiger partial charge in [0.15, 0.2) is 0 Å². The first-order valence-corrected chi connectivity index (χ1v) is 10.3. The van der Waals surface area contributed by atoms with Crippen LogP contribution in [0.4, 0.5) is 0 Å². The smallest absolute Gasteiger partial charge is 0.332 e. The molecule has 2 aliphatic rings. The van der Waals surface area contributed by atoms with E-state index in [1.165, 1.54) is 12.8 Å². The number of ether oxygens (including phenoxy) is 2. The Labute approximate surface area is 165 Å². The first kappa shape index (κ1) is 19.8. The number of nitrogens with one attached hydrogen (secondary N) is 1. The molecule has 0 bridgehead atoms. The van der Waals surface area contributed by atoms with Crippen LogP contribution in [-0.2, 0) is 19.9 Å². The molecule has 1 N–H and O–H groups in total. The molecular formula is C21H30BrNO3. The summed E-state index contributed by atoms with van der Waals surface area (Å²) in [4.78, 5) is 12.3. The van der Waals surface area contributed by atoms with Crippen LogP contribution in [0.1, 0.15) is 58.4 Å². The topological polar surface area (TPSA) is 47.6 Å². The number of carbonyl (C=O) groups excluding carboxylic acids is 1. The van der Waals surface area contributed by atoms with Crippen molar-refractivity contribution in [1.29, 1.82) is 0 Å². The molecule has 1 saturated carbocycles. The summed E-state index contributed by atoms with van der Waals surface area (Å²) in [7, 11) is 0. The lowest BCUT2D eigenvalue weighted by Crippen LogP contribution is -2.38. The average molecular weight is 424 g/mol. The molecule has 1 aromatic carbocycles. The van der Waals surface area contributed by atoms with Gasteiger partial charge in [-0.1, -0.05) is 28.1 Å². The fraction of sp³-hybridized carbons (Fsp3) is 0.667. The minimum Gasteiger partial charge on any atom is -0.458 e. The minimum atomic E-state index is -0.491. The molecular weight excluding hydrogens is 394 g/mol. The van der Waals surface area contributed by atoms with Crippen molar-refractivity contribution in [3.63, 3.8) is 0 Å². The Hall–Kier alpha value is -0.910. The van der Waals surface area contributed by atoms with E-state index in [0.29, 0.717) is 5.41 Å². The number of carbonyl (C=O) groups is 1. The molecule has 144 valence electrons. The lowest BCUT2D eigenvalue weighted by atomic mass is 9.75. The number of piperidine rings is 1. The summed E-state index contributed by atoms with van der Waals surface area (Å²) >= 11 is 3.58. The van der Waals surface area contributed by atoms with Crippen molar-refractivity contribution < 1.29 is 14.3 Å². The zero-order valence-electron chi connectivity index (χ0n) is 16.1. The SMILES string of the molecule is CC(C)(C)OC(=O)COC1(c2cccc(Br)c2)CCC2(CCNCC2)C1. The Bertz CT molecular complexity index is 649. The minimum absolute atomic E-state index is 0.00187. The van der Waals surface area contributed by atoms with Crippen LogP contribution in [0, 0.1) is 5.41 Å². The van der Waals surface area contributed by atoms with E-state index < -0.39 is 11.2 Å². The van der Waals surface area contributed by atoms with E-state index in [0.717, 1.165) is 42.4 Å². The summed E-state index contributed by atoms with van der Waals surface area (Å²) in [6.07, 6.45) is 5.43. The highest BCUT2D eigenvalue weighted by molar-refractivity contribution is 9.10. The van der Waals surface area contributed by atoms with E-state index in [-0.39, 0.29) is 12.6 Å². The van der Waals surface area contributed by atoms with E-state index >= 15 is 0 Å². The third-order valence-corrected chi connectivity index (χ3v) is 6.11. The Morgan fingerprint density at radius 2 is 1.92 bits per heavy atom. The second-order valence-corrected chi connectivity index (χ2v) is 9.72. The molecule has 1 aromatic rings. The summed E-state index contributed by atoms with van der Waals surface area (Å²) in [5.74, 6) is -0.293. The summed E-state index contributed by atoms with van der Waals surface area (Å²) in [5.41, 5.74) is 0.584. The molecule has 1 unspecified atom stereocenters. The predicted molar refractivity (Wildman–Crippen MR) is 106 cm³/mol. The second-order valence-electron chi connectivity index (χ2n) is 8.81. The first-order chi connectivity index (χ1) is 12.2. The van der Waals surface area contributed by atoms with Gasteiger partial charge in [-0.15, -0.1) is 0 Å². The number of halogens is 1. The fourth-order valence-corrected chi connectivity index (χ4v) is 4.83. The highest BCUT2D eigenvalue weighted by Crippen LogP contribution is 2.55. The Morgan fingerprint density at radius 3 is 2.58 bits per heavy atom. The van der Waals surface area contributed by atoms with Crippen LogP contribution in [0.5, 0.6) is 0 Å². The predicted octanol–water partition coefficient (Wildman–Crippen LogP) is 4.56. The normalized spacial score (nSPS) is 25.4. The van der Waals surface area contributed by atoms with Gasteiger partial charge in [0, 0.05) is 4.47 Å². The molecule has 3 rings (SSSR count). The number of hydrogen-bond donors (Lipinski definition) is 1. The van der Waals surface area contributed by atoms with E-state index in [9.17, 15) is 4.79 Å². The molecule has 4 nitrogen and oxygen atoms in total. The van der Waals surface area contributed by atoms with E-state index in [1.807, 2.05) is 32.9 Å². The van der Waals surface area contributed by atoms with Crippen molar-refractivity contribution in [2.75, 3.05) is 19.7 Å². The average Bonchev–Trinajstić information content (AvgIpc) is 2.92. The van der Waals surface area contributed by atoms with E-state index in [4.69, 9.17) is 9.47 Å². The van der Waals surface area contributed by atoms with Gasteiger partial charge in [0.05, 0.1) is 5.60 Å². The highest BCUT2D eigenvalue weighted by atomic mass is 79.9. The third kappa shape index (κ3) is 4.68. The van der Waals surface area contributed by atoms with Crippen LogP contribution in [0.25, 0.3) is 0 Å². The van der Waals surface area contributed by atoms with Crippen molar-refractivity contribution in [2.24, 2.45) is 5.41 Å². The number of esters is 1. The third-order valence-electron chi connectivity index (χ3n) is 5.62. The zero-order chi connectivity index (χ0) is 18.8. The molecule has 1 spiro atoms. The standard InChI is InChI=1S/C21H30BrNO3/c1-19(2,3)26-18(24)14-25-21(16-5-4-6-17(22)13-16)8-7-20(15-21)9-11-23-12-10-20/h4-6,13,23H,7-12,14-15H2,1-3H3. The zero-order valence-corrected chi connectivity index (χ0v) is 17.7.